The van der Waals surface area contributed by atoms with Gasteiger partial charge in [0.1, 0.15) is 17.2 Å². The number of pyridine rings is 1. The van der Waals surface area contributed by atoms with Crippen LogP contribution in [0.15, 0.2) is 36.5 Å². The molecule has 8 nitrogen and oxygen atoms in total. The standard InChI is InChI=1S/C21H21N3O5/c1-28-15-10-13(11-16(12-15)29-2)19(25)23-8-5-14(6-9-23)24-20(26)17-4-3-7-22-18(17)21(24)27/h3-4,7,10-12,14H,5-6,8-9H2,1-2H3. The van der Waals surface area contributed by atoms with E-state index in [-0.39, 0.29) is 29.5 Å². The Kier molecular flexibility index (Phi) is 4.92. The van der Waals surface area contributed by atoms with Crippen molar-refractivity contribution in [3.63, 3.8) is 0 Å². The number of hydrogen-bond donors (Lipinski definition) is 0. The maximum absolute atomic E-state index is 12.9. The summed E-state index contributed by atoms with van der Waals surface area (Å²) in [5, 5.41) is 0. The fourth-order valence-corrected chi connectivity index (χ4v) is 3.86. The summed E-state index contributed by atoms with van der Waals surface area (Å²) in [6, 6.07) is 8.08. The predicted molar refractivity (Wildman–Crippen MR) is 103 cm³/mol. The molecule has 1 fully saturated rings. The fourth-order valence-electron chi connectivity index (χ4n) is 3.86. The van der Waals surface area contributed by atoms with Gasteiger partial charge in [0.25, 0.3) is 17.7 Å². The number of fused-ring (bicyclic) bond motifs is 1. The first-order valence-electron chi connectivity index (χ1n) is 9.38. The number of ether oxygens (including phenoxy) is 2. The van der Waals surface area contributed by atoms with Crippen LogP contribution in [0.1, 0.15) is 44.0 Å². The number of hydrogen-bond acceptors (Lipinski definition) is 6. The van der Waals surface area contributed by atoms with Crippen LogP contribution >= 0.6 is 0 Å². The molecule has 1 saturated heterocycles. The molecule has 0 unspecified atom stereocenters. The largest absolute Gasteiger partial charge is 0.497 e. The van der Waals surface area contributed by atoms with E-state index in [1.165, 1.54) is 25.3 Å². The van der Waals surface area contributed by atoms with E-state index in [0.29, 0.717) is 48.6 Å². The number of imide groups is 1. The topological polar surface area (TPSA) is 89.0 Å². The molecule has 1 aromatic heterocycles. The van der Waals surface area contributed by atoms with Gasteiger partial charge in [-0.15, -0.1) is 0 Å². The molecule has 0 aliphatic carbocycles. The zero-order valence-corrected chi connectivity index (χ0v) is 16.3. The van der Waals surface area contributed by atoms with Gasteiger partial charge in [0, 0.05) is 37.0 Å². The summed E-state index contributed by atoms with van der Waals surface area (Å²) in [6.45, 7) is 0.897. The highest BCUT2D eigenvalue weighted by Gasteiger charge is 2.42. The van der Waals surface area contributed by atoms with Gasteiger partial charge < -0.3 is 14.4 Å². The summed E-state index contributed by atoms with van der Waals surface area (Å²) in [5.41, 5.74) is 1.03. The zero-order valence-electron chi connectivity index (χ0n) is 16.3. The van der Waals surface area contributed by atoms with Crippen molar-refractivity contribution >= 4 is 17.7 Å². The van der Waals surface area contributed by atoms with Crippen molar-refractivity contribution < 1.29 is 23.9 Å². The summed E-state index contributed by atoms with van der Waals surface area (Å²) in [6.07, 6.45) is 2.56. The number of carbonyl (C=O) groups is 3. The maximum atomic E-state index is 12.9. The molecule has 2 aromatic rings. The zero-order chi connectivity index (χ0) is 20.5. The first kappa shape index (κ1) is 18.9. The van der Waals surface area contributed by atoms with Crippen LogP contribution in [-0.2, 0) is 0 Å². The molecular weight excluding hydrogens is 374 g/mol. The number of nitrogens with zero attached hydrogens (tertiary/aromatic N) is 3. The minimum Gasteiger partial charge on any atom is -0.497 e. The quantitative estimate of drug-likeness (QED) is 0.736. The van der Waals surface area contributed by atoms with Gasteiger partial charge in [-0.3, -0.25) is 24.3 Å². The van der Waals surface area contributed by atoms with E-state index in [0.717, 1.165) is 0 Å². The van der Waals surface area contributed by atoms with E-state index in [1.807, 2.05) is 0 Å². The van der Waals surface area contributed by atoms with E-state index >= 15 is 0 Å². The van der Waals surface area contributed by atoms with E-state index < -0.39 is 0 Å². The third kappa shape index (κ3) is 3.30. The Balaban J connectivity index is 1.46. The number of benzene rings is 1. The van der Waals surface area contributed by atoms with Gasteiger partial charge in [-0.1, -0.05) is 0 Å². The molecular formula is C21H21N3O5. The molecule has 0 bridgehead atoms. The van der Waals surface area contributed by atoms with Crippen LogP contribution in [0, 0.1) is 0 Å². The summed E-state index contributed by atoms with van der Waals surface area (Å²) < 4.78 is 10.5. The van der Waals surface area contributed by atoms with Crippen molar-refractivity contribution in [1.29, 1.82) is 0 Å². The summed E-state index contributed by atoms with van der Waals surface area (Å²) in [5.74, 6) is 0.292. The second-order valence-electron chi connectivity index (χ2n) is 7.00. The highest BCUT2D eigenvalue weighted by Crippen LogP contribution is 2.29. The van der Waals surface area contributed by atoms with Crippen LogP contribution in [-0.4, -0.2) is 65.9 Å². The lowest BCUT2D eigenvalue weighted by Gasteiger charge is -2.35. The maximum Gasteiger partial charge on any atom is 0.280 e. The predicted octanol–water partition coefficient (Wildman–Crippen LogP) is 2.00. The Hall–Kier alpha value is -3.42. The molecule has 150 valence electrons. The Morgan fingerprint density at radius 3 is 2.28 bits per heavy atom. The Morgan fingerprint density at radius 1 is 1.03 bits per heavy atom. The van der Waals surface area contributed by atoms with E-state index in [1.54, 1.807) is 35.2 Å². The van der Waals surface area contributed by atoms with E-state index in [4.69, 9.17) is 9.47 Å². The van der Waals surface area contributed by atoms with Gasteiger partial charge in [-0.05, 0) is 37.1 Å². The number of likely N-dealkylation sites (tertiary alicyclic amines) is 1. The molecule has 0 atom stereocenters. The lowest BCUT2D eigenvalue weighted by Crippen LogP contribution is -2.48. The smallest absolute Gasteiger partial charge is 0.280 e. The lowest BCUT2D eigenvalue weighted by atomic mass is 10.0. The number of rotatable bonds is 4. The van der Waals surface area contributed by atoms with Crippen LogP contribution in [0.2, 0.25) is 0 Å². The van der Waals surface area contributed by atoms with Crippen LogP contribution in [0.5, 0.6) is 11.5 Å². The Morgan fingerprint density at radius 2 is 1.69 bits per heavy atom. The third-order valence-corrected chi connectivity index (χ3v) is 5.39. The lowest BCUT2D eigenvalue weighted by molar-refractivity contribution is 0.0477. The van der Waals surface area contributed by atoms with Gasteiger partial charge >= 0.3 is 0 Å². The number of amides is 3. The van der Waals surface area contributed by atoms with Crippen LogP contribution < -0.4 is 9.47 Å². The van der Waals surface area contributed by atoms with Crippen molar-refractivity contribution in [1.82, 2.24) is 14.8 Å². The Bertz CT molecular complexity index is 925. The number of carbonyl (C=O) groups excluding carboxylic acids is 3. The number of methoxy groups -OCH3 is 2. The first-order valence-corrected chi connectivity index (χ1v) is 9.38. The molecule has 3 amide bonds. The highest BCUT2D eigenvalue weighted by atomic mass is 16.5. The van der Waals surface area contributed by atoms with Gasteiger partial charge in [0.15, 0.2) is 0 Å². The monoisotopic (exact) mass is 395 g/mol. The Labute approximate surface area is 168 Å². The molecule has 0 spiro atoms. The molecule has 3 heterocycles. The van der Waals surface area contributed by atoms with E-state index in [9.17, 15) is 14.4 Å². The molecule has 1 aromatic carbocycles. The van der Waals surface area contributed by atoms with Crippen LogP contribution in [0.4, 0.5) is 0 Å². The van der Waals surface area contributed by atoms with Crippen molar-refractivity contribution in [2.24, 2.45) is 0 Å². The summed E-state index contributed by atoms with van der Waals surface area (Å²) in [4.78, 5) is 45.3. The average molecular weight is 395 g/mol. The summed E-state index contributed by atoms with van der Waals surface area (Å²) >= 11 is 0. The molecule has 29 heavy (non-hydrogen) atoms. The van der Waals surface area contributed by atoms with Crippen molar-refractivity contribution in [2.45, 2.75) is 18.9 Å². The minimum absolute atomic E-state index is 0.135. The van der Waals surface area contributed by atoms with Crippen molar-refractivity contribution in [3.05, 3.63) is 53.3 Å². The van der Waals surface area contributed by atoms with Crippen molar-refractivity contribution in [2.75, 3.05) is 27.3 Å². The van der Waals surface area contributed by atoms with Crippen LogP contribution in [0.3, 0.4) is 0 Å². The second-order valence-corrected chi connectivity index (χ2v) is 7.00. The highest BCUT2D eigenvalue weighted by molar-refractivity contribution is 6.20. The van der Waals surface area contributed by atoms with E-state index in [2.05, 4.69) is 4.98 Å². The molecule has 2 aliphatic rings. The molecule has 0 N–H and O–H groups in total. The average Bonchev–Trinajstić information content (AvgIpc) is 3.03. The normalized spacial score (nSPS) is 16.8. The van der Waals surface area contributed by atoms with Gasteiger partial charge in [-0.2, -0.15) is 0 Å². The molecule has 4 rings (SSSR count). The number of piperidine rings is 1. The SMILES string of the molecule is COc1cc(OC)cc(C(=O)N2CCC(N3C(=O)c4cccnc4C3=O)CC2)c1. The minimum atomic E-state index is -0.354. The van der Waals surface area contributed by atoms with Gasteiger partial charge in [-0.25, -0.2) is 0 Å². The van der Waals surface area contributed by atoms with Gasteiger partial charge in [0.05, 0.1) is 19.8 Å². The molecule has 0 radical (unpaired) electrons. The van der Waals surface area contributed by atoms with Crippen LogP contribution in [0.25, 0.3) is 0 Å². The first-order chi connectivity index (χ1) is 14.0. The number of aromatic nitrogens is 1. The molecule has 8 heteroatoms. The third-order valence-electron chi connectivity index (χ3n) is 5.39. The van der Waals surface area contributed by atoms with Crippen molar-refractivity contribution in [3.8, 4) is 11.5 Å². The molecule has 0 saturated carbocycles. The van der Waals surface area contributed by atoms with Gasteiger partial charge in [0.2, 0.25) is 0 Å². The summed E-state index contributed by atoms with van der Waals surface area (Å²) in [7, 11) is 3.07. The molecule has 2 aliphatic heterocycles. The fraction of sp³-hybridized carbons (Fsp3) is 0.333. The second kappa shape index (κ2) is 7.54.